The first-order chi connectivity index (χ1) is 15.5. The third kappa shape index (κ3) is 4.57. The molecule has 4 rings (SSSR count). The Bertz CT molecular complexity index is 1240. The molecule has 0 radical (unpaired) electrons. The van der Waals surface area contributed by atoms with E-state index in [0.29, 0.717) is 46.8 Å². The number of fused-ring (bicyclic) bond motifs is 2. The maximum atomic E-state index is 15.0. The van der Waals surface area contributed by atoms with E-state index in [-0.39, 0.29) is 24.5 Å². The van der Waals surface area contributed by atoms with Gasteiger partial charge >= 0.3 is 12.1 Å². The number of rotatable bonds is 6. The summed E-state index contributed by atoms with van der Waals surface area (Å²) in [6, 6.07) is 2.77. The number of carbonyl (C=O) groups is 1. The van der Waals surface area contributed by atoms with Crippen molar-refractivity contribution in [2.75, 3.05) is 18.5 Å². The predicted octanol–water partition coefficient (Wildman–Crippen LogP) is 4.47. The minimum absolute atomic E-state index is 0.152. The third-order valence-corrected chi connectivity index (χ3v) is 5.64. The molecule has 2 aromatic heterocycles. The summed E-state index contributed by atoms with van der Waals surface area (Å²) < 4.78 is 59.4. The fourth-order valence-electron chi connectivity index (χ4n) is 4.12. The Morgan fingerprint density at radius 2 is 2.06 bits per heavy atom. The van der Waals surface area contributed by atoms with E-state index in [1.54, 1.807) is 13.8 Å². The number of ether oxygens (including phenoxy) is 1. The highest BCUT2D eigenvalue weighted by molar-refractivity contribution is 5.79. The summed E-state index contributed by atoms with van der Waals surface area (Å²) in [6.45, 7) is 3.48. The Labute approximate surface area is 186 Å². The number of aryl methyl sites for hydroxylation is 1. The first-order valence-electron chi connectivity index (χ1n) is 10.4. The largest absolute Gasteiger partial charge is 0.490 e. The number of hydrogen-bond acceptors (Lipinski definition) is 5. The Balaban J connectivity index is 1.90. The zero-order chi connectivity index (χ0) is 23.9. The van der Waals surface area contributed by atoms with Crippen LogP contribution in [-0.4, -0.2) is 45.0 Å². The fourth-order valence-corrected chi connectivity index (χ4v) is 4.12. The van der Waals surface area contributed by atoms with Gasteiger partial charge in [-0.25, -0.2) is 13.9 Å². The molecule has 0 amide bonds. The zero-order valence-electron chi connectivity index (χ0n) is 18.0. The monoisotopic (exact) mass is 466 g/mol. The lowest BCUT2D eigenvalue weighted by molar-refractivity contribution is -0.136. The van der Waals surface area contributed by atoms with Crippen molar-refractivity contribution in [2.24, 2.45) is 0 Å². The second-order valence-corrected chi connectivity index (χ2v) is 7.98. The molecule has 3 aromatic rings. The highest BCUT2D eigenvalue weighted by Gasteiger charge is 2.27. The SMILES string of the molecule is Cc1nc2cc(NCCC(F)(F)F)nn2c(-c2cc(F)c3c(c2C)CCCO3)c1CC(=O)O. The van der Waals surface area contributed by atoms with E-state index in [1.807, 2.05) is 0 Å². The zero-order valence-corrected chi connectivity index (χ0v) is 18.0. The number of aliphatic carboxylic acids is 1. The lowest BCUT2D eigenvalue weighted by atomic mass is 9.91. The molecule has 1 aromatic carbocycles. The van der Waals surface area contributed by atoms with E-state index in [4.69, 9.17) is 4.74 Å². The number of nitrogens with one attached hydrogen (secondary N) is 1. The topological polar surface area (TPSA) is 88.8 Å². The molecular formula is C22H22F4N4O3. The Morgan fingerprint density at radius 3 is 2.76 bits per heavy atom. The van der Waals surface area contributed by atoms with Crippen LogP contribution in [0.1, 0.15) is 35.2 Å². The number of carboxylic acids is 1. The molecule has 1 aliphatic rings. The van der Waals surface area contributed by atoms with E-state index >= 15 is 0 Å². The molecule has 0 unspecified atom stereocenters. The first kappa shape index (κ1) is 22.8. The van der Waals surface area contributed by atoms with Crippen molar-refractivity contribution in [1.29, 1.82) is 0 Å². The molecule has 0 fully saturated rings. The van der Waals surface area contributed by atoms with Gasteiger partial charge < -0.3 is 15.2 Å². The van der Waals surface area contributed by atoms with Crippen molar-refractivity contribution in [2.45, 2.75) is 45.7 Å². The molecule has 0 atom stereocenters. The molecule has 7 nitrogen and oxygen atoms in total. The van der Waals surface area contributed by atoms with Gasteiger partial charge in [-0.3, -0.25) is 4.79 Å². The van der Waals surface area contributed by atoms with E-state index in [0.717, 1.165) is 12.0 Å². The summed E-state index contributed by atoms with van der Waals surface area (Å²) in [5.74, 6) is -1.32. The van der Waals surface area contributed by atoms with E-state index in [9.17, 15) is 27.5 Å². The maximum absolute atomic E-state index is 15.0. The van der Waals surface area contributed by atoms with Crippen LogP contribution in [-0.2, 0) is 17.6 Å². The van der Waals surface area contributed by atoms with Crippen LogP contribution < -0.4 is 10.1 Å². The molecule has 0 bridgehead atoms. The molecule has 2 N–H and O–H groups in total. The highest BCUT2D eigenvalue weighted by Crippen LogP contribution is 2.39. The summed E-state index contributed by atoms with van der Waals surface area (Å²) in [4.78, 5) is 16.0. The average molecular weight is 466 g/mol. The standard InChI is InChI=1S/C22H22F4N4O3/c1-11-13-4-3-7-33-21(13)16(23)8-14(11)20-15(9-19(31)32)12(2)28-18-10-17(29-30(18)20)27-6-5-22(24,25)26/h8,10H,3-7,9H2,1-2H3,(H,27,29)(H,31,32). The molecule has 11 heteroatoms. The maximum Gasteiger partial charge on any atom is 0.390 e. The second-order valence-electron chi connectivity index (χ2n) is 7.98. The number of alkyl halides is 3. The number of anilines is 1. The van der Waals surface area contributed by atoms with Crippen molar-refractivity contribution in [3.8, 4) is 17.0 Å². The molecule has 0 saturated carbocycles. The molecule has 0 aliphatic carbocycles. The fraction of sp³-hybridized carbons (Fsp3) is 0.409. The van der Waals surface area contributed by atoms with Crippen molar-refractivity contribution in [3.63, 3.8) is 0 Å². The van der Waals surface area contributed by atoms with Crippen LogP contribution >= 0.6 is 0 Å². The predicted molar refractivity (Wildman–Crippen MR) is 112 cm³/mol. The summed E-state index contributed by atoms with van der Waals surface area (Å²) in [6.07, 6.45) is -4.41. The molecule has 0 saturated heterocycles. The average Bonchev–Trinajstić information content (AvgIpc) is 3.12. The van der Waals surface area contributed by atoms with Crippen molar-refractivity contribution in [1.82, 2.24) is 14.6 Å². The van der Waals surface area contributed by atoms with Crippen LogP contribution in [0.2, 0.25) is 0 Å². The quantitative estimate of drug-likeness (QED) is 0.522. The summed E-state index contributed by atoms with van der Waals surface area (Å²) >= 11 is 0. The molecule has 33 heavy (non-hydrogen) atoms. The second kappa shape index (κ2) is 8.53. The minimum atomic E-state index is -4.32. The summed E-state index contributed by atoms with van der Waals surface area (Å²) in [5.41, 5.74) is 3.28. The number of hydrogen-bond donors (Lipinski definition) is 2. The van der Waals surface area contributed by atoms with Gasteiger partial charge in [-0.2, -0.15) is 13.2 Å². The van der Waals surface area contributed by atoms with Crippen LogP contribution in [0.15, 0.2) is 12.1 Å². The van der Waals surface area contributed by atoms with E-state index < -0.39 is 24.4 Å². The van der Waals surface area contributed by atoms with E-state index in [2.05, 4.69) is 15.4 Å². The van der Waals surface area contributed by atoms with Crippen LogP contribution in [0.5, 0.6) is 5.75 Å². The Hall–Kier alpha value is -3.37. The molecular weight excluding hydrogens is 444 g/mol. The van der Waals surface area contributed by atoms with Gasteiger partial charge in [0.2, 0.25) is 0 Å². The van der Waals surface area contributed by atoms with Gasteiger partial charge in [0.15, 0.2) is 23.0 Å². The van der Waals surface area contributed by atoms with Gasteiger partial charge in [-0.1, -0.05) is 0 Å². The smallest absolute Gasteiger partial charge is 0.390 e. The van der Waals surface area contributed by atoms with Gasteiger partial charge in [0.1, 0.15) is 0 Å². The number of halogens is 4. The normalized spacial score (nSPS) is 13.6. The third-order valence-electron chi connectivity index (χ3n) is 5.64. The summed E-state index contributed by atoms with van der Waals surface area (Å²) in [7, 11) is 0. The van der Waals surface area contributed by atoms with E-state index in [1.165, 1.54) is 16.6 Å². The Morgan fingerprint density at radius 1 is 1.30 bits per heavy atom. The minimum Gasteiger partial charge on any atom is -0.490 e. The van der Waals surface area contributed by atoms with Gasteiger partial charge in [-0.05, 0) is 38.3 Å². The number of benzene rings is 1. The first-order valence-corrected chi connectivity index (χ1v) is 10.4. The van der Waals surface area contributed by atoms with Crippen LogP contribution in [0.3, 0.4) is 0 Å². The van der Waals surface area contributed by atoms with Gasteiger partial charge in [0.05, 0.1) is 25.1 Å². The van der Waals surface area contributed by atoms with Gasteiger partial charge in [-0.15, -0.1) is 5.10 Å². The van der Waals surface area contributed by atoms with Crippen molar-refractivity contribution >= 4 is 17.4 Å². The van der Waals surface area contributed by atoms with Crippen LogP contribution in [0.25, 0.3) is 16.9 Å². The summed E-state index contributed by atoms with van der Waals surface area (Å²) in [5, 5.41) is 16.4. The molecule has 0 spiro atoms. The number of carboxylic acid groups (broad SMARTS) is 1. The molecule has 176 valence electrons. The van der Waals surface area contributed by atoms with Crippen molar-refractivity contribution < 1.29 is 32.2 Å². The lowest BCUT2D eigenvalue weighted by Gasteiger charge is -2.23. The number of aromatic nitrogens is 3. The number of nitrogens with zero attached hydrogens (tertiary/aromatic N) is 3. The highest BCUT2D eigenvalue weighted by atomic mass is 19.4. The lowest BCUT2D eigenvalue weighted by Crippen LogP contribution is -2.15. The Kier molecular flexibility index (Phi) is 5.89. The van der Waals surface area contributed by atoms with Crippen LogP contribution in [0, 0.1) is 19.7 Å². The van der Waals surface area contributed by atoms with Crippen LogP contribution in [0.4, 0.5) is 23.4 Å². The van der Waals surface area contributed by atoms with Gasteiger partial charge in [0.25, 0.3) is 0 Å². The van der Waals surface area contributed by atoms with Gasteiger partial charge in [0, 0.05) is 35.0 Å². The van der Waals surface area contributed by atoms with Crippen molar-refractivity contribution in [3.05, 3.63) is 40.3 Å². The molecule has 3 heterocycles. The molecule has 1 aliphatic heterocycles.